The number of nitrogens with one attached hydrogen (secondary N) is 1. The Labute approximate surface area is 171 Å². The maximum absolute atomic E-state index is 12.3. The number of hydrogen-bond donors (Lipinski definition) is 1. The third-order valence-electron chi connectivity index (χ3n) is 4.46. The molecular formula is C24H26N2O3. The van der Waals surface area contributed by atoms with Crippen molar-refractivity contribution in [1.29, 1.82) is 0 Å². The maximum Gasteiger partial charge on any atom is 0.280 e. The molecule has 0 aliphatic rings. The summed E-state index contributed by atoms with van der Waals surface area (Å²) in [4.78, 5) is 12.3. The highest BCUT2D eigenvalue weighted by atomic mass is 16.5. The Bertz CT molecular complexity index is 962. The molecule has 0 aliphatic heterocycles. The maximum atomic E-state index is 12.3. The van der Waals surface area contributed by atoms with Gasteiger partial charge in [0.15, 0.2) is 6.10 Å². The van der Waals surface area contributed by atoms with Crippen molar-refractivity contribution in [2.24, 2.45) is 5.10 Å². The van der Waals surface area contributed by atoms with Crippen LogP contribution < -0.4 is 14.9 Å². The number of carbonyl (C=O) groups excluding carboxylic acids is 1. The van der Waals surface area contributed by atoms with Crippen molar-refractivity contribution in [3.8, 4) is 11.5 Å². The minimum atomic E-state index is -0.674. The smallest absolute Gasteiger partial charge is 0.280 e. The van der Waals surface area contributed by atoms with Crippen LogP contribution in [-0.4, -0.2) is 24.8 Å². The molecule has 1 N–H and O–H groups in total. The van der Waals surface area contributed by atoms with E-state index in [2.05, 4.69) is 17.5 Å². The van der Waals surface area contributed by atoms with Crippen LogP contribution in [0.2, 0.25) is 0 Å². The van der Waals surface area contributed by atoms with E-state index in [1.165, 1.54) is 0 Å². The fourth-order valence-electron chi connectivity index (χ4n) is 2.79. The molecule has 5 heteroatoms. The van der Waals surface area contributed by atoms with E-state index < -0.39 is 6.10 Å². The van der Waals surface area contributed by atoms with Gasteiger partial charge in [0, 0.05) is 5.39 Å². The van der Waals surface area contributed by atoms with E-state index in [0.717, 1.165) is 34.9 Å². The molecule has 3 aromatic rings. The van der Waals surface area contributed by atoms with Crippen molar-refractivity contribution in [3.63, 3.8) is 0 Å². The predicted molar refractivity (Wildman–Crippen MR) is 117 cm³/mol. The van der Waals surface area contributed by atoms with Gasteiger partial charge < -0.3 is 9.47 Å². The lowest BCUT2D eigenvalue weighted by Crippen LogP contribution is -2.33. The molecule has 29 heavy (non-hydrogen) atoms. The molecule has 0 spiro atoms. The third-order valence-corrected chi connectivity index (χ3v) is 4.46. The molecular weight excluding hydrogens is 364 g/mol. The Hall–Kier alpha value is -3.34. The van der Waals surface area contributed by atoms with Crippen LogP contribution in [0.4, 0.5) is 0 Å². The number of unbranched alkanes of at least 4 members (excludes halogenated alkanes) is 1. The highest BCUT2D eigenvalue weighted by Gasteiger charge is 2.15. The van der Waals surface area contributed by atoms with Crippen LogP contribution >= 0.6 is 0 Å². The lowest BCUT2D eigenvalue weighted by atomic mass is 10.1. The largest absolute Gasteiger partial charge is 0.494 e. The number of carbonyl (C=O) groups is 1. The topological polar surface area (TPSA) is 59.9 Å². The molecule has 3 aromatic carbocycles. The van der Waals surface area contributed by atoms with Gasteiger partial charge in [0.25, 0.3) is 5.91 Å². The van der Waals surface area contributed by atoms with Gasteiger partial charge in [-0.3, -0.25) is 4.79 Å². The second-order valence-corrected chi connectivity index (χ2v) is 6.74. The Balaban J connectivity index is 1.53. The van der Waals surface area contributed by atoms with E-state index in [-0.39, 0.29) is 5.91 Å². The average molecular weight is 390 g/mol. The second kappa shape index (κ2) is 10.3. The normalized spacial score (nSPS) is 12.1. The van der Waals surface area contributed by atoms with E-state index in [1.807, 2.05) is 66.7 Å². The van der Waals surface area contributed by atoms with Crippen LogP contribution in [-0.2, 0) is 4.79 Å². The average Bonchev–Trinajstić information content (AvgIpc) is 2.75. The molecule has 0 saturated carbocycles. The van der Waals surface area contributed by atoms with Crippen molar-refractivity contribution in [3.05, 3.63) is 72.3 Å². The van der Waals surface area contributed by atoms with Gasteiger partial charge in [-0.2, -0.15) is 5.10 Å². The van der Waals surface area contributed by atoms with Crippen LogP contribution in [0.1, 0.15) is 32.3 Å². The SMILES string of the molecule is CCCCOc1ccc(/C=N/NC(=O)C(C)Oc2cccc3ccccc23)cc1. The number of fused-ring (bicyclic) bond motifs is 1. The number of hydrogen-bond acceptors (Lipinski definition) is 4. The summed E-state index contributed by atoms with van der Waals surface area (Å²) >= 11 is 0. The summed E-state index contributed by atoms with van der Waals surface area (Å²) in [6.45, 7) is 4.55. The molecule has 5 nitrogen and oxygen atoms in total. The molecule has 3 rings (SSSR count). The summed E-state index contributed by atoms with van der Waals surface area (Å²) in [5.41, 5.74) is 3.40. The molecule has 0 bridgehead atoms. The van der Waals surface area contributed by atoms with Gasteiger partial charge >= 0.3 is 0 Å². The molecule has 1 unspecified atom stereocenters. The summed E-state index contributed by atoms with van der Waals surface area (Å²) in [5.74, 6) is 1.19. The molecule has 0 aromatic heterocycles. The van der Waals surface area contributed by atoms with Crippen molar-refractivity contribution in [2.45, 2.75) is 32.8 Å². The second-order valence-electron chi connectivity index (χ2n) is 6.74. The van der Waals surface area contributed by atoms with E-state index in [9.17, 15) is 4.79 Å². The van der Waals surface area contributed by atoms with Gasteiger partial charge in [0.05, 0.1) is 12.8 Å². The Kier molecular flexibility index (Phi) is 7.22. The number of benzene rings is 3. The van der Waals surface area contributed by atoms with E-state index in [1.54, 1.807) is 13.1 Å². The molecule has 0 saturated heterocycles. The zero-order chi connectivity index (χ0) is 20.5. The zero-order valence-electron chi connectivity index (χ0n) is 16.8. The molecule has 150 valence electrons. The highest BCUT2D eigenvalue weighted by Crippen LogP contribution is 2.26. The number of rotatable bonds is 9. The molecule has 0 fully saturated rings. The summed E-state index contributed by atoms with van der Waals surface area (Å²) < 4.78 is 11.5. The molecule has 1 amide bonds. The van der Waals surface area contributed by atoms with Gasteiger partial charge in [0.1, 0.15) is 11.5 Å². The fraction of sp³-hybridized carbons (Fsp3) is 0.250. The van der Waals surface area contributed by atoms with Crippen LogP contribution in [0.5, 0.6) is 11.5 Å². The minimum absolute atomic E-state index is 0.311. The Morgan fingerprint density at radius 3 is 2.62 bits per heavy atom. The van der Waals surface area contributed by atoms with E-state index in [4.69, 9.17) is 9.47 Å². The van der Waals surface area contributed by atoms with Crippen molar-refractivity contribution >= 4 is 22.9 Å². The zero-order valence-corrected chi connectivity index (χ0v) is 16.8. The first kappa shape index (κ1) is 20.4. The quantitative estimate of drug-likeness (QED) is 0.320. The lowest BCUT2D eigenvalue weighted by molar-refractivity contribution is -0.127. The summed E-state index contributed by atoms with van der Waals surface area (Å²) in [7, 11) is 0. The standard InChI is InChI=1S/C24H26N2O3/c1-3-4-16-28-21-14-12-19(13-15-21)17-25-26-24(27)18(2)29-23-11-7-9-20-8-5-6-10-22(20)23/h5-15,17-18H,3-4,16H2,1-2H3,(H,26,27)/b25-17+. The fourth-order valence-corrected chi connectivity index (χ4v) is 2.79. The molecule has 0 heterocycles. The van der Waals surface area contributed by atoms with Gasteiger partial charge in [-0.05, 0) is 54.6 Å². The number of nitrogens with zero attached hydrogens (tertiary/aromatic N) is 1. The van der Waals surface area contributed by atoms with Crippen LogP contribution in [0.25, 0.3) is 10.8 Å². The highest BCUT2D eigenvalue weighted by molar-refractivity contribution is 5.89. The van der Waals surface area contributed by atoms with Gasteiger partial charge in [0.2, 0.25) is 0 Å². The molecule has 1 atom stereocenters. The van der Waals surface area contributed by atoms with Gasteiger partial charge in [-0.15, -0.1) is 0 Å². The summed E-state index contributed by atoms with van der Waals surface area (Å²) in [6, 6.07) is 21.3. The van der Waals surface area contributed by atoms with E-state index >= 15 is 0 Å². The summed E-state index contributed by atoms with van der Waals surface area (Å²) in [6.07, 6.45) is 3.06. The first-order chi connectivity index (χ1) is 14.2. The van der Waals surface area contributed by atoms with Crippen LogP contribution in [0, 0.1) is 0 Å². The monoisotopic (exact) mass is 390 g/mol. The van der Waals surface area contributed by atoms with Gasteiger partial charge in [-0.1, -0.05) is 49.7 Å². The molecule has 0 radical (unpaired) electrons. The number of amides is 1. The van der Waals surface area contributed by atoms with Crippen molar-refractivity contribution in [1.82, 2.24) is 5.43 Å². The Morgan fingerprint density at radius 1 is 1.07 bits per heavy atom. The van der Waals surface area contributed by atoms with E-state index in [0.29, 0.717) is 12.4 Å². The first-order valence-electron chi connectivity index (χ1n) is 9.87. The number of ether oxygens (including phenoxy) is 2. The lowest BCUT2D eigenvalue weighted by Gasteiger charge is -2.14. The minimum Gasteiger partial charge on any atom is -0.494 e. The van der Waals surface area contributed by atoms with Crippen molar-refractivity contribution in [2.75, 3.05) is 6.61 Å². The first-order valence-corrected chi connectivity index (χ1v) is 9.87. The van der Waals surface area contributed by atoms with Gasteiger partial charge in [-0.25, -0.2) is 5.43 Å². The molecule has 0 aliphatic carbocycles. The Morgan fingerprint density at radius 2 is 1.83 bits per heavy atom. The van der Waals surface area contributed by atoms with Crippen molar-refractivity contribution < 1.29 is 14.3 Å². The predicted octanol–water partition coefficient (Wildman–Crippen LogP) is 4.94. The third kappa shape index (κ3) is 5.82. The number of hydrazone groups is 1. The summed E-state index contributed by atoms with van der Waals surface area (Å²) in [5, 5.41) is 6.07. The van der Waals surface area contributed by atoms with Crippen LogP contribution in [0.3, 0.4) is 0 Å². The van der Waals surface area contributed by atoms with Crippen LogP contribution in [0.15, 0.2) is 71.8 Å².